The number of aliphatic hydroxyl groups excluding tert-OH is 1. The second-order valence-corrected chi connectivity index (χ2v) is 9.15. The number of aliphatic hydroxyl groups is 1. The molecule has 4 N–H and O–H groups in total. The van der Waals surface area contributed by atoms with Crippen molar-refractivity contribution in [1.82, 2.24) is 15.3 Å². The summed E-state index contributed by atoms with van der Waals surface area (Å²) in [7, 11) is 0. The molecule has 1 aliphatic carbocycles. The Morgan fingerprint density at radius 2 is 1.94 bits per heavy atom. The number of hydrogen-bond donors (Lipinski definition) is 4. The Kier molecular flexibility index (Phi) is 6.63. The van der Waals surface area contributed by atoms with Crippen LogP contribution in [0.15, 0.2) is 48.8 Å². The van der Waals surface area contributed by atoms with Crippen molar-refractivity contribution in [3.8, 4) is 11.3 Å². The van der Waals surface area contributed by atoms with E-state index in [4.69, 9.17) is 0 Å². The fraction of sp³-hybridized carbons (Fsp3) is 0.346. The molecule has 2 aromatic carbocycles. The van der Waals surface area contributed by atoms with Crippen molar-refractivity contribution in [2.24, 2.45) is 0 Å². The number of hydrogen-bond acceptors (Lipinski definition) is 6. The van der Waals surface area contributed by atoms with Crippen molar-refractivity contribution >= 4 is 23.1 Å². The zero-order valence-corrected chi connectivity index (χ0v) is 19.4. The SMILES string of the molecule is O=C(Nc1cc(C(F)(F)F)ccc1-c1cc(Nc2cccc3c2C[C@@H](O)CC3)ncn1)C1CCCN1. The fourth-order valence-corrected chi connectivity index (χ4v) is 4.77. The number of carbonyl (C=O) groups excluding carboxylic acids is 1. The quantitative estimate of drug-likeness (QED) is 0.416. The van der Waals surface area contributed by atoms with Gasteiger partial charge in [0, 0.05) is 23.7 Å². The number of benzene rings is 2. The van der Waals surface area contributed by atoms with Gasteiger partial charge >= 0.3 is 6.18 Å². The maximum atomic E-state index is 13.4. The molecule has 1 fully saturated rings. The van der Waals surface area contributed by atoms with Crippen LogP contribution in [0.25, 0.3) is 11.3 Å². The van der Waals surface area contributed by atoms with Crippen LogP contribution in [-0.4, -0.2) is 39.7 Å². The van der Waals surface area contributed by atoms with E-state index in [0.29, 0.717) is 42.9 Å². The molecule has 0 spiro atoms. The summed E-state index contributed by atoms with van der Waals surface area (Å²) >= 11 is 0. The van der Waals surface area contributed by atoms with E-state index in [-0.39, 0.29) is 11.6 Å². The maximum absolute atomic E-state index is 13.4. The van der Waals surface area contributed by atoms with Gasteiger partial charge in [-0.05, 0) is 61.6 Å². The van der Waals surface area contributed by atoms with Gasteiger partial charge in [-0.15, -0.1) is 0 Å². The minimum Gasteiger partial charge on any atom is -0.393 e. The smallest absolute Gasteiger partial charge is 0.393 e. The highest BCUT2D eigenvalue weighted by molar-refractivity contribution is 5.98. The molecule has 1 unspecified atom stereocenters. The number of aromatic nitrogens is 2. The van der Waals surface area contributed by atoms with Gasteiger partial charge in [0.2, 0.25) is 5.91 Å². The maximum Gasteiger partial charge on any atom is 0.416 e. The third-order valence-corrected chi connectivity index (χ3v) is 6.65. The summed E-state index contributed by atoms with van der Waals surface area (Å²) in [5.41, 5.74) is 2.88. The Morgan fingerprint density at radius 1 is 1.08 bits per heavy atom. The Morgan fingerprint density at radius 3 is 2.72 bits per heavy atom. The lowest BCUT2D eigenvalue weighted by Crippen LogP contribution is -2.35. The van der Waals surface area contributed by atoms with E-state index in [0.717, 1.165) is 41.8 Å². The van der Waals surface area contributed by atoms with Gasteiger partial charge in [-0.1, -0.05) is 18.2 Å². The lowest BCUT2D eigenvalue weighted by atomic mass is 9.88. The number of fused-ring (bicyclic) bond motifs is 1. The summed E-state index contributed by atoms with van der Waals surface area (Å²) in [5.74, 6) is 0.0676. The zero-order valence-electron chi connectivity index (χ0n) is 19.4. The summed E-state index contributed by atoms with van der Waals surface area (Å²) in [6, 6.07) is 10.3. The van der Waals surface area contributed by atoms with E-state index >= 15 is 0 Å². The molecular formula is C26H26F3N5O2. The van der Waals surface area contributed by atoms with Crippen LogP contribution in [0.2, 0.25) is 0 Å². The predicted molar refractivity (Wildman–Crippen MR) is 130 cm³/mol. The molecule has 10 heteroatoms. The molecule has 188 valence electrons. The zero-order chi connectivity index (χ0) is 25.3. The molecule has 0 saturated carbocycles. The van der Waals surface area contributed by atoms with Crippen molar-refractivity contribution in [2.45, 2.75) is 50.4 Å². The Labute approximate surface area is 206 Å². The van der Waals surface area contributed by atoms with Gasteiger partial charge < -0.3 is 21.1 Å². The molecule has 3 aromatic rings. The third-order valence-electron chi connectivity index (χ3n) is 6.65. The molecule has 1 aromatic heterocycles. The van der Waals surface area contributed by atoms with Crippen LogP contribution in [0, 0.1) is 0 Å². The number of anilines is 3. The lowest BCUT2D eigenvalue weighted by Gasteiger charge is -2.23. The number of halogens is 3. The van der Waals surface area contributed by atoms with Gasteiger partial charge in [0.25, 0.3) is 0 Å². The molecule has 0 bridgehead atoms. The van der Waals surface area contributed by atoms with Crippen molar-refractivity contribution in [2.75, 3.05) is 17.2 Å². The number of nitrogens with zero attached hydrogens (tertiary/aromatic N) is 2. The molecule has 1 amide bonds. The standard InChI is InChI=1S/C26H26F3N5O2/c27-26(28,29)16-7-9-18(23(11-16)34-25(36)21-5-2-10-30-21)22-13-24(32-14-31-22)33-20-4-1-3-15-6-8-17(35)12-19(15)20/h1,3-4,7,9,11,13-14,17,21,30,35H,2,5-6,8,10,12H2,(H,34,36)(H,31,32,33)/t17-,21?/m0/s1. The predicted octanol–water partition coefficient (Wildman–Crippen LogP) is 4.45. The van der Waals surface area contributed by atoms with E-state index in [2.05, 4.69) is 25.9 Å². The summed E-state index contributed by atoms with van der Waals surface area (Å²) in [5, 5.41) is 19.1. The van der Waals surface area contributed by atoms with E-state index in [1.165, 1.54) is 12.4 Å². The van der Waals surface area contributed by atoms with Crippen LogP contribution in [0.3, 0.4) is 0 Å². The second-order valence-electron chi connectivity index (χ2n) is 9.15. The van der Waals surface area contributed by atoms with Gasteiger partial charge in [0.05, 0.1) is 29.1 Å². The van der Waals surface area contributed by atoms with Crippen LogP contribution in [0.1, 0.15) is 36.0 Å². The number of aryl methyl sites for hydroxylation is 1. The first kappa shape index (κ1) is 24.2. The summed E-state index contributed by atoms with van der Waals surface area (Å²) in [4.78, 5) is 21.3. The largest absolute Gasteiger partial charge is 0.416 e. The van der Waals surface area contributed by atoms with Crippen molar-refractivity contribution in [3.05, 3.63) is 65.5 Å². The van der Waals surface area contributed by atoms with Gasteiger partial charge in [0.15, 0.2) is 0 Å². The van der Waals surface area contributed by atoms with Crippen molar-refractivity contribution in [3.63, 3.8) is 0 Å². The highest BCUT2D eigenvalue weighted by atomic mass is 19.4. The average Bonchev–Trinajstić information content (AvgIpc) is 3.39. The fourth-order valence-electron chi connectivity index (χ4n) is 4.77. The van der Waals surface area contributed by atoms with Crippen LogP contribution in [0.4, 0.5) is 30.4 Å². The molecule has 7 nitrogen and oxygen atoms in total. The average molecular weight is 498 g/mol. The Balaban J connectivity index is 1.47. The molecule has 1 saturated heterocycles. The van der Waals surface area contributed by atoms with Crippen LogP contribution >= 0.6 is 0 Å². The monoisotopic (exact) mass is 497 g/mol. The number of carbonyl (C=O) groups is 1. The molecule has 2 atom stereocenters. The minimum atomic E-state index is -4.56. The number of nitrogens with one attached hydrogen (secondary N) is 3. The van der Waals surface area contributed by atoms with Gasteiger partial charge in [-0.3, -0.25) is 4.79 Å². The first-order chi connectivity index (χ1) is 17.3. The molecule has 36 heavy (non-hydrogen) atoms. The van der Waals surface area contributed by atoms with Crippen LogP contribution in [-0.2, 0) is 23.8 Å². The molecule has 2 aliphatic rings. The number of amides is 1. The molecule has 2 heterocycles. The minimum absolute atomic E-state index is 0.0355. The molecular weight excluding hydrogens is 471 g/mol. The summed E-state index contributed by atoms with van der Waals surface area (Å²) < 4.78 is 40.3. The lowest BCUT2D eigenvalue weighted by molar-refractivity contribution is -0.137. The Bertz CT molecular complexity index is 1270. The van der Waals surface area contributed by atoms with E-state index in [9.17, 15) is 23.1 Å². The van der Waals surface area contributed by atoms with Crippen molar-refractivity contribution < 1.29 is 23.1 Å². The van der Waals surface area contributed by atoms with E-state index < -0.39 is 23.9 Å². The number of alkyl halides is 3. The molecule has 0 radical (unpaired) electrons. The Hall–Kier alpha value is -3.50. The third kappa shape index (κ3) is 5.19. The van der Waals surface area contributed by atoms with Gasteiger partial charge in [-0.25, -0.2) is 9.97 Å². The molecule has 1 aliphatic heterocycles. The van der Waals surface area contributed by atoms with Gasteiger partial charge in [0.1, 0.15) is 12.1 Å². The van der Waals surface area contributed by atoms with Crippen LogP contribution < -0.4 is 16.0 Å². The van der Waals surface area contributed by atoms with Crippen LogP contribution in [0.5, 0.6) is 0 Å². The highest BCUT2D eigenvalue weighted by Crippen LogP contribution is 2.36. The first-order valence-electron chi connectivity index (χ1n) is 11.9. The van der Waals surface area contributed by atoms with E-state index in [1.807, 2.05) is 18.2 Å². The van der Waals surface area contributed by atoms with Gasteiger partial charge in [-0.2, -0.15) is 13.2 Å². The first-order valence-corrected chi connectivity index (χ1v) is 11.9. The summed E-state index contributed by atoms with van der Waals surface area (Å²) in [6.45, 7) is 0.689. The molecule has 5 rings (SSSR count). The second kappa shape index (κ2) is 9.87. The summed E-state index contributed by atoms with van der Waals surface area (Å²) in [6.07, 6.45) is -0.164. The normalized spacial score (nSPS) is 19.6. The van der Waals surface area contributed by atoms with Crippen molar-refractivity contribution in [1.29, 1.82) is 0 Å². The topological polar surface area (TPSA) is 99.2 Å². The van der Waals surface area contributed by atoms with E-state index in [1.54, 1.807) is 6.07 Å². The number of rotatable bonds is 5. The highest BCUT2D eigenvalue weighted by Gasteiger charge is 2.32.